The third-order valence-electron chi connectivity index (χ3n) is 5.34. The molecule has 0 radical (unpaired) electrons. The molecule has 0 unspecified atom stereocenters. The third-order valence-corrected chi connectivity index (χ3v) is 6.65. The van der Waals surface area contributed by atoms with Gasteiger partial charge in [0.25, 0.3) is 5.91 Å². The van der Waals surface area contributed by atoms with Crippen LogP contribution < -0.4 is 14.4 Å². The second-order valence-corrected chi connectivity index (χ2v) is 10.5. The predicted octanol–water partition coefficient (Wildman–Crippen LogP) is 6.85. The number of ether oxygens (including phenoxy) is 2. The normalized spacial score (nSPS) is 15.1. The van der Waals surface area contributed by atoms with Crippen LogP contribution in [0.15, 0.2) is 83.8 Å². The van der Waals surface area contributed by atoms with Gasteiger partial charge in [-0.1, -0.05) is 93.3 Å². The lowest BCUT2D eigenvalue weighted by Crippen LogP contribution is -2.27. The number of nitrogens with zero attached hydrogens (tertiary/aromatic N) is 1. The van der Waals surface area contributed by atoms with E-state index in [9.17, 15) is 4.79 Å². The molecule has 174 valence electrons. The van der Waals surface area contributed by atoms with E-state index in [2.05, 4.69) is 32.9 Å². The number of carbonyl (C=O) groups excluding carboxylic acids is 1. The summed E-state index contributed by atoms with van der Waals surface area (Å²) in [5.74, 6) is 1.38. The highest BCUT2D eigenvalue weighted by Gasteiger charge is 2.33. The predicted molar refractivity (Wildman–Crippen MR) is 145 cm³/mol. The summed E-state index contributed by atoms with van der Waals surface area (Å²) in [5, 5.41) is 0. The molecule has 0 bridgehead atoms. The molecule has 0 saturated carbocycles. The molecule has 1 aliphatic heterocycles. The first kappa shape index (κ1) is 24.0. The van der Waals surface area contributed by atoms with Gasteiger partial charge in [-0.25, -0.2) is 0 Å². The molecular formula is C28H27NO3S2. The highest BCUT2D eigenvalue weighted by Crippen LogP contribution is 2.37. The van der Waals surface area contributed by atoms with Gasteiger partial charge < -0.3 is 9.47 Å². The number of para-hydroxylation sites is 2. The summed E-state index contributed by atoms with van der Waals surface area (Å²) < 4.78 is 12.3. The summed E-state index contributed by atoms with van der Waals surface area (Å²) in [5.41, 5.74) is 2.97. The molecule has 3 aromatic rings. The van der Waals surface area contributed by atoms with E-state index in [1.165, 1.54) is 17.3 Å². The molecule has 0 atom stereocenters. The van der Waals surface area contributed by atoms with Gasteiger partial charge in [0.05, 0.1) is 10.6 Å². The summed E-state index contributed by atoms with van der Waals surface area (Å²) in [6, 6.07) is 25.3. The molecule has 0 aliphatic carbocycles. The molecule has 1 amide bonds. The fourth-order valence-corrected chi connectivity index (χ4v) is 4.79. The van der Waals surface area contributed by atoms with Gasteiger partial charge in [0.1, 0.15) is 24.7 Å². The van der Waals surface area contributed by atoms with E-state index in [4.69, 9.17) is 21.7 Å². The molecule has 0 spiro atoms. The first-order chi connectivity index (χ1) is 16.3. The number of anilines is 1. The maximum atomic E-state index is 13.0. The zero-order valence-corrected chi connectivity index (χ0v) is 21.1. The highest BCUT2D eigenvalue weighted by atomic mass is 32.2. The number of amides is 1. The Labute approximate surface area is 210 Å². The number of rotatable bonds is 7. The third kappa shape index (κ3) is 5.69. The minimum atomic E-state index is -0.127. The Bertz CT molecular complexity index is 1200. The Morgan fingerprint density at radius 2 is 1.53 bits per heavy atom. The second kappa shape index (κ2) is 10.5. The molecule has 6 heteroatoms. The minimum Gasteiger partial charge on any atom is -0.490 e. The molecule has 1 heterocycles. The van der Waals surface area contributed by atoms with Crippen molar-refractivity contribution in [3.8, 4) is 11.5 Å². The van der Waals surface area contributed by atoms with Crippen molar-refractivity contribution >= 4 is 46.0 Å². The van der Waals surface area contributed by atoms with Crippen LogP contribution in [0.1, 0.15) is 31.9 Å². The van der Waals surface area contributed by atoms with E-state index >= 15 is 0 Å². The van der Waals surface area contributed by atoms with Crippen molar-refractivity contribution in [1.82, 2.24) is 0 Å². The van der Waals surface area contributed by atoms with Crippen molar-refractivity contribution in [2.24, 2.45) is 0 Å². The molecule has 3 aromatic carbocycles. The number of hydrogen-bond acceptors (Lipinski definition) is 5. The van der Waals surface area contributed by atoms with E-state index < -0.39 is 0 Å². The maximum absolute atomic E-state index is 13.0. The monoisotopic (exact) mass is 489 g/mol. The summed E-state index contributed by atoms with van der Waals surface area (Å²) >= 11 is 6.76. The number of carbonyl (C=O) groups is 1. The lowest BCUT2D eigenvalue weighted by molar-refractivity contribution is -0.113. The Morgan fingerprint density at radius 3 is 2.24 bits per heavy atom. The first-order valence-corrected chi connectivity index (χ1v) is 12.3. The SMILES string of the molecule is CC(C)(C)c1ccc(OCCOc2ccccc2/C=C2\SC(=S)N(c3ccccc3)C2=O)cc1. The second-order valence-electron chi connectivity index (χ2n) is 8.86. The zero-order chi connectivity index (χ0) is 24.1. The van der Waals surface area contributed by atoms with E-state index in [1.54, 1.807) is 4.90 Å². The first-order valence-electron chi connectivity index (χ1n) is 11.1. The highest BCUT2D eigenvalue weighted by molar-refractivity contribution is 8.27. The molecule has 1 aliphatic rings. The van der Waals surface area contributed by atoms with Gasteiger partial charge in [0.15, 0.2) is 4.32 Å². The van der Waals surface area contributed by atoms with E-state index in [1.807, 2.05) is 72.8 Å². The van der Waals surface area contributed by atoms with Crippen molar-refractivity contribution in [3.63, 3.8) is 0 Å². The standard InChI is InChI=1S/C28H27NO3S2/c1-28(2,3)21-13-15-23(16-14-21)31-17-18-32-24-12-8-7-9-20(24)19-25-26(30)29(27(33)34-25)22-10-5-4-6-11-22/h4-16,19H,17-18H2,1-3H3/b25-19-. The number of thiocarbonyl (C=S) groups is 1. The van der Waals surface area contributed by atoms with Crippen molar-refractivity contribution in [2.75, 3.05) is 18.1 Å². The Kier molecular flexibility index (Phi) is 7.39. The summed E-state index contributed by atoms with van der Waals surface area (Å²) in [6.07, 6.45) is 1.84. The van der Waals surface area contributed by atoms with Crippen LogP contribution in [-0.2, 0) is 10.2 Å². The molecular weight excluding hydrogens is 462 g/mol. The Hall–Kier alpha value is -3.09. The van der Waals surface area contributed by atoms with Crippen LogP contribution in [0.3, 0.4) is 0 Å². The maximum Gasteiger partial charge on any atom is 0.270 e. The molecule has 4 rings (SSSR count). The number of hydrogen-bond donors (Lipinski definition) is 0. The largest absolute Gasteiger partial charge is 0.490 e. The average Bonchev–Trinajstić information content (AvgIpc) is 3.10. The van der Waals surface area contributed by atoms with Crippen LogP contribution in [0.5, 0.6) is 11.5 Å². The van der Waals surface area contributed by atoms with E-state index in [0.717, 1.165) is 17.0 Å². The fraction of sp³-hybridized carbons (Fsp3) is 0.214. The van der Waals surface area contributed by atoms with Crippen LogP contribution in [-0.4, -0.2) is 23.4 Å². The average molecular weight is 490 g/mol. The fourth-order valence-electron chi connectivity index (χ4n) is 3.50. The Morgan fingerprint density at radius 1 is 0.882 bits per heavy atom. The lowest BCUT2D eigenvalue weighted by atomic mass is 9.87. The topological polar surface area (TPSA) is 38.8 Å². The van der Waals surface area contributed by atoms with Crippen LogP contribution in [0.4, 0.5) is 5.69 Å². The molecule has 0 aromatic heterocycles. The van der Waals surface area contributed by atoms with Gasteiger partial charge in [0, 0.05) is 5.56 Å². The summed E-state index contributed by atoms with van der Waals surface area (Å²) in [6.45, 7) is 7.37. The van der Waals surface area contributed by atoms with Crippen molar-refractivity contribution in [3.05, 3.63) is 94.9 Å². The van der Waals surface area contributed by atoms with Crippen LogP contribution in [0.2, 0.25) is 0 Å². The van der Waals surface area contributed by atoms with E-state index in [0.29, 0.717) is 28.2 Å². The van der Waals surface area contributed by atoms with Gasteiger partial charge in [0.2, 0.25) is 0 Å². The van der Waals surface area contributed by atoms with Gasteiger partial charge in [-0.05, 0) is 47.4 Å². The van der Waals surface area contributed by atoms with Gasteiger partial charge in [-0.15, -0.1) is 0 Å². The zero-order valence-electron chi connectivity index (χ0n) is 19.5. The van der Waals surface area contributed by atoms with Crippen LogP contribution in [0, 0.1) is 0 Å². The number of benzene rings is 3. The summed E-state index contributed by atoms with van der Waals surface area (Å²) in [7, 11) is 0. The lowest BCUT2D eigenvalue weighted by Gasteiger charge is -2.19. The number of thioether (sulfide) groups is 1. The molecule has 0 N–H and O–H groups in total. The van der Waals surface area contributed by atoms with Gasteiger partial charge >= 0.3 is 0 Å². The van der Waals surface area contributed by atoms with Crippen molar-refractivity contribution < 1.29 is 14.3 Å². The van der Waals surface area contributed by atoms with Gasteiger partial charge in [-0.2, -0.15) is 0 Å². The minimum absolute atomic E-state index is 0.112. The summed E-state index contributed by atoms with van der Waals surface area (Å²) in [4.78, 5) is 15.2. The van der Waals surface area contributed by atoms with Crippen molar-refractivity contribution in [2.45, 2.75) is 26.2 Å². The van der Waals surface area contributed by atoms with Gasteiger partial charge in [-0.3, -0.25) is 9.69 Å². The quantitative estimate of drug-likeness (QED) is 0.206. The van der Waals surface area contributed by atoms with Crippen LogP contribution >= 0.6 is 24.0 Å². The molecule has 4 nitrogen and oxygen atoms in total. The Balaban J connectivity index is 1.39. The van der Waals surface area contributed by atoms with E-state index in [-0.39, 0.29) is 11.3 Å². The smallest absolute Gasteiger partial charge is 0.270 e. The van der Waals surface area contributed by atoms with Crippen LogP contribution in [0.25, 0.3) is 6.08 Å². The molecule has 1 fully saturated rings. The molecule has 1 saturated heterocycles. The van der Waals surface area contributed by atoms with Crippen molar-refractivity contribution in [1.29, 1.82) is 0 Å². The molecule has 34 heavy (non-hydrogen) atoms.